The molecular formula is C13H17N3S. The molecule has 0 spiro atoms. The van der Waals surface area contributed by atoms with E-state index in [1.54, 1.807) is 0 Å². The number of para-hydroxylation sites is 1. The quantitative estimate of drug-likeness (QED) is 0.824. The Labute approximate surface area is 106 Å². The zero-order valence-corrected chi connectivity index (χ0v) is 11.2. The van der Waals surface area contributed by atoms with Crippen LogP contribution in [-0.4, -0.2) is 14.8 Å². The number of nitrogens with one attached hydrogen (secondary N) is 1. The Morgan fingerprint density at radius 3 is 2.47 bits per heavy atom. The van der Waals surface area contributed by atoms with Crippen LogP contribution in [-0.2, 0) is 6.42 Å². The van der Waals surface area contributed by atoms with Gasteiger partial charge in [-0.3, -0.25) is 9.67 Å². The topological polar surface area (TPSA) is 33.6 Å². The number of aromatic nitrogens is 3. The van der Waals surface area contributed by atoms with Crippen molar-refractivity contribution in [2.75, 3.05) is 0 Å². The van der Waals surface area contributed by atoms with Crippen LogP contribution in [0, 0.1) is 10.2 Å². The maximum Gasteiger partial charge on any atom is 0.199 e. The third kappa shape index (κ3) is 2.82. The van der Waals surface area contributed by atoms with Gasteiger partial charge in [-0.15, -0.1) is 0 Å². The maximum atomic E-state index is 5.29. The lowest BCUT2D eigenvalue weighted by Crippen LogP contribution is -2.13. The van der Waals surface area contributed by atoms with Crippen molar-refractivity contribution in [1.82, 2.24) is 14.8 Å². The molecule has 2 aromatic rings. The molecular weight excluding hydrogens is 230 g/mol. The van der Waals surface area contributed by atoms with E-state index in [4.69, 9.17) is 12.2 Å². The molecule has 1 aromatic carbocycles. The average Bonchev–Trinajstić information content (AvgIpc) is 2.58. The van der Waals surface area contributed by atoms with E-state index in [1.807, 2.05) is 34.9 Å². The molecule has 0 radical (unpaired) electrons. The predicted molar refractivity (Wildman–Crippen MR) is 71.9 cm³/mol. The average molecular weight is 247 g/mol. The lowest BCUT2D eigenvalue weighted by Gasteiger charge is -2.17. The molecule has 0 saturated heterocycles. The highest BCUT2D eigenvalue weighted by atomic mass is 32.1. The van der Waals surface area contributed by atoms with Crippen molar-refractivity contribution in [3.63, 3.8) is 0 Å². The summed E-state index contributed by atoms with van der Waals surface area (Å²) in [5.41, 5.74) is 1.25. The van der Waals surface area contributed by atoms with Crippen molar-refractivity contribution < 1.29 is 0 Å². The number of benzene rings is 1. The van der Waals surface area contributed by atoms with Crippen LogP contribution in [0.5, 0.6) is 0 Å². The first-order chi connectivity index (χ1) is 7.97. The summed E-state index contributed by atoms with van der Waals surface area (Å²) in [6.45, 7) is 6.58. The molecule has 0 amide bonds. The van der Waals surface area contributed by atoms with E-state index in [2.05, 4.69) is 31.0 Å². The number of hydrogen-bond acceptors (Lipinski definition) is 2. The van der Waals surface area contributed by atoms with Crippen molar-refractivity contribution in [3.05, 3.63) is 40.9 Å². The van der Waals surface area contributed by atoms with Crippen molar-refractivity contribution in [2.24, 2.45) is 5.41 Å². The molecule has 0 fully saturated rings. The summed E-state index contributed by atoms with van der Waals surface area (Å²) in [5, 5.41) is 7.20. The first-order valence-corrected chi connectivity index (χ1v) is 6.10. The molecule has 4 heteroatoms. The summed E-state index contributed by atoms with van der Waals surface area (Å²) in [6.07, 6.45) is 0.884. The lowest BCUT2D eigenvalue weighted by molar-refractivity contribution is 0.397. The van der Waals surface area contributed by atoms with Gasteiger partial charge in [0.15, 0.2) is 4.77 Å². The zero-order chi connectivity index (χ0) is 12.5. The molecule has 0 aliphatic carbocycles. The number of hydrogen-bond donors (Lipinski definition) is 1. The fourth-order valence-corrected chi connectivity index (χ4v) is 2.02. The Morgan fingerprint density at radius 1 is 1.24 bits per heavy atom. The van der Waals surface area contributed by atoms with E-state index in [-0.39, 0.29) is 5.41 Å². The second-order valence-electron chi connectivity index (χ2n) is 5.35. The molecule has 1 aromatic heterocycles. The summed E-state index contributed by atoms with van der Waals surface area (Å²) >= 11 is 5.29. The van der Waals surface area contributed by atoms with Gasteiger partial charge < -0.3 is 0 Å². The highest BCUT2D eigenvalue weighted by molar-refractivity contribution is 7.71. The molecule has 1 N–H and O–H groups in total. The molecule has 0 aliphatic heterocycles. The molecule has 1 heterocycles. The van der Waals surface area contributed by atoms with Crippen LogP contribution in [0.15, 0.2) is 30.3 Å². The van der Waals surface area contributed by atoms with Crippen LogP contribution in [0.25, 0.3) is 5.69 Å². The van der Waals surface area contributed by atoms with Gasteiger partial charge in [0.1, 0.15) is 5.82 Å². The fraction of sp³-hybridized carbons (Fsp3) is 0.385. The number of aromatic amines is 1. The summed E-state index contributed by atoms with van der Waals surface area (Å²) in [5.74, 6) is 0.980. The van der Waals surface area contributed by atoms with Gasteiger partial charge in [0.05, 0.1) is 0 Å². The van der Waals surface area contributed by atoms with E-state index in [0.29, 0.717) is 4.77 Å². The van der Waals surface area contributed by atoms with E-state index >= 15 is 0 Å². The van der Waals surface area contributed by atoms with Gasteiger partial charge in [-0.2, -0.15) is 5.10 Å². The molecule has 3 nitrogen and oxygen atoms in total. The van der Waals surface area contributed by atoms with E-state index in [0.717, 1.165) is 17.9 Å². The van der Waals surface area contributed by atoms with Crippen LogP contribution in [0.3, 0.4) is 0 Å². The highest BCUT2D eigenvalue weighted by Crippen LogP contribution is 2.21. The van der Waals surface area contributed by atoms with Gasteiger partial charge in [0, 0.05) is 12.1 Å². The standard InChI is InChI=1S/C13H17N3S/c1-13(2,3)9-11-14-15-12(17)16(11)10-7-5-4-6-8-10/h4-8H,9H2,1-3H3,(H,15,17). The Bertz CT molecular complexity index is 546. The minimum atomic E-state index is 0.188. The number of nitrogens with zero attached hydrogens (tertiary/aromatic N) is 2. The third-order valence-electron chi connectivity index (χ3n) is 2.44. The highest BCUT2D eigenvalue weighted by Gasteiger charge is 2.17. The van der Waals surface area contributed by atoms with Crippen LogP contribution in [0.4, 0.5) is 0 Å². The van der Waals surface area contributed by atoms with Crippen molar-refractivity contribution in [1.29, 1.82) is 0 Å². The second kappa shape index (κ2) is 4.45. The number of H-pyrrole nitrogens is 1. The fourth-order valence-electron chi connectivity index (χ4n) is 1.77. The summed E-state index contributed by atoms with van der Waals surface area (Å²) < 4.78 is 2.65. The molecule has 0 saturated carbocycles. The molecule has 17 heavy (non-hydrogen) atoms. The van der Waals surface area contributed by atoms with Crippen LogP contribution >= 0.6 is 12.2 Å². The molecule has 0 atom stereocenters. The second-order valence-corrected chi connectivity index (χ2v) is 5.74. The molecule has 0 unspecified atom stereocenters. The van der Waals surface area contributed by atoms with E-state index in [9.17, 15) is 0 Å². The van der Waals surface area contributed by atoms with Crippen LogP contribution in [0.1, 0.15) is 26.6 Å². The third-order valence-corrected chi connectivity index (χ3v) is 2.72. The first-order valence-electron chi connectivity index (χ1n) is 5.69. The monoisotopic (exact) mass is 247 g/mol. The van der Waals surface area contributed by atoms with Crippen LogP contribution in [0.2, 0.25) is 0 Å². The van der Waals surface area contributed by atoms with Gasteiger partial charge >= 0.3 is 0 Å². The van der Waals surface area contributed by atoms with Crippen molar-refractivity contribution in [3.8, 4) is 5.69 Å². The summed E-state index contributed by atoms with van der Waals surface area (Å²) in [6, 6.07) is 10.1. The lowest BCUT2D eigenvalue weighted by atomic mass is 9.92. The van der Waals surface area contributed by atoms with Gasteiger partial charge in [0.2, 0.25) is 0 Å². The Balaban J connectivity index is 2.48. The van der Waals surface area contributed by atoms with E-state index in [1.165, 1.54) is 0 Å². The maximum absolute atomic E-state index is 5.29. The SMILES string of the molecule is CC(C)(C)Cc1n[nH]c(=S)n1-c1ccccc1. The Hall–Kier alpha value is -1.42. The van der Waals surface area contributed by atoms with Gasteiger partial charge in [0.25, 0.3) is 0 Å². The first kappa shape index (κ1) is 12.0. The van der Waals surface area contributed by atoms with Gasteiger partial charge in [-0.1, -0.05) is 39.0 Å². The Kier molecular flexibility index (Phi) is 3.15. The normalized spacial score (nSPS) is 11.7. The van der Waals surface area contributed by atoms with Crippen LogP contribution < -0.4 is 0 Å². The van der Waals surface area contributed by atoms with Gasteiger partial charge in [-0.05, 0) is 29.8 Å². The van der Waals surface area contributed by atoms with Crippen molar-refractivity contribution >= 4 is 12.2 Å². The summed E-state index contributed by atoms with van der Waals surface area (Å²) in [4.78, 5) is 0. The predicted octanol–water partition coefficient (Wildman–Crippen LogP) is 3.52. The van der Waals surface area contributed by atoms with Gasteiger partial charge in [-0.25, -0.2) is 0 Å². The molecule has 2 rings (SSSR count). The number of rotatable bonds is 2. The summed E-state index contributed by atoms with van der Waals surface area (Å²) in [7, 11) is 0. The largest absolute Gasteiger partial charge is 0.272 e. The Morgan fingerprint density at radius 2 is 1.88 bits per heavy atom. The molecule has 0 bridgehead atoms. The van der Waals surface area contributed by atoms with Crippen molar-refractivity contribution in [2.45, 2.75) is 27.2 Å². The van der Waals surface area contributed by atoms with E-state index < -0.39 is 0 Å². The zero-order valence-electron chi connectivity index (χ0n) is 10.4. The smallest absolute Gasteiger partial charge is 0.199 e. The minimum Gasteiger partial charge on any atom is -0.272 e. The minimum absolute atomic E-state index is 0.188. The molecule has 90 valence electrons. The molecule has 0 aliphatic rings.